The molecule has 0 bridgehead atoms. The summed E-state index contributed by atoms with van der Waals surface area (Å²) in [5.41, 5.74) is 0.407. The van der Waals surface area contributed by atoms with E-state index in [0.717, 1.165) is 109 Å². The fraction of sp³-hybridized carbons (Fsp3) is 0.964. The van der Waals surface area contributed by atoms with Gasteiger partial charge in [0.05, 0.1) is 24.4 Å². The molecule has 0 saturated heterocycles. The number of carbonyl (C=O) groups is 2. The first-order valence-corrected chi connectivity index (χ1v) is 27.3. The Morgan fingerprint density at radius 2 is 0.905 bits per heavy atom. The Morgan fingerprint density at radius 1 is 0.508 bits per heavy atom. The molecule has 360 valence electrons. The van der Waals surface area contributed by atoms with Gasteiger partial charge in [0.2, 0.25) is 11.8 Å². The molecule has 8 aliphatic rings. The second-order valence-electron chi connectivity index (χ2n) is 25.3. The van der Waals surface area contributed by atoms with E-state index < -0.39 is 0 Å². The molecule has 6 N–H and O–H groups in total. The molecule has 0 aliphatic heterocycles. The molecule has 8 nitrogen and oxygen atoms in total. The largest absolute Gasteiger partial charge is 0.393 e. The van der Waals surface area contributed by atoms with Crippen molar-refractivity contribution in [3.63, 3.8) is 0 Å². The summed E-state index contributed by atoms with van der Waals surface area (Å²) in [6.07, 6.45) is 24.9. The smallest absolute Gasteiger partial charge is 0.220 e. The molecule has 0 unspecified atom stereocenters. The van der Waals surface area contributed by atoms with E-state index in [-0.39, 0.29) is 57.9 Å². The fourth-order valence-electron chi connectivity index (χ4n) is 18.9. The number of aliphatic hydroxyl groups is 4. The average Bonchev–Trinajstić information content (AvgIpc) is 3.81. The van der Waals surface area contributed by atoms with Gasteiger partial charge in [0.1, 0.15) is 0 Å². The molecule has 8 heteroatoms. The lowest BCUT2D eigenvalue weighted by Crippen LogP contribution is -2.58. The summed E-state index contributed by atoms with van der Waals surface area (Å²) in [6.45, 7) is 15.9. The number of hydrogen-bond donors (Lipinski definition) is 6. The lowest BCUT2D eigenvalue weighted by Gasteiger charge is -2.62. The van der Waals surface area contributed by atoms with Crippen molar-refractivity contribution in [1.82, 2.24) is 10.6 Å². The lowest BCUT2D eigenvalue weighted by molar-refractivity contribution is -0.175. The summed E-state index contributed by atoms with van der Waals surface area (Å²) in [5, 5.41) is 51.1. The number of rotatable bonds is 16. The van der Waals surface area contributed by atoms with Crippen LogP contribution >= 0.6 is 0 Å². The first-order chi connectivity index (χ1) is 30.0. The van der Waals surface area contributed by atoms with Gasteiger partial charge in [0, 0.05) is 25.9 Å². The quantitative estimate of drug-likeness (QED) is 0.0854. The summed E-state index contributed by atoms with van der Waals surface area (Å²) >= 11 is 0. The molecule has 8 rings (SSSR count). The predicted molar refractivity (Wildman–Crippen MR) is 251 cm³/mol. The van der Waals surface area contributed by atoms with Crippen LogP contribution in [0.5, 0.6) is 0 Å². The minimum absolute atomic E-state index is 0.0563. The molecule has 8 saturated carbocycles. The standard InChI is InChI=1S/C55H94N2O6/c1-34(42-18-20-44-40-16-14-36-30-38(58)24-26-52(36,3)46(40)32-48(60)54(42,44)5)12-22-50(62)56-28-10-8-7-9-11-29-57-51(63)23-13-35(2)43-19-21-45-41-17-15-37-31-39(59)25-27-53(37,4)47(41)33-49(61)55(43,45)6/h34-49,58-61H,7-33H2,1-6H3,(H,56,62)(H,57,63)/t34-,35-,36-,37-,38-,39-,40+,41+,42-,43-,44+,45+,46+,47+,48+,49+,52+,53+,54-,55-/m1/s1. The van der Waals surface area contributed by atoms with Gasteiger partial charge < -0.3 is 31.1 Å². The molecule has 0 heterocycles. The maximum atomic E-state index is 12.9. The Hall–Kier alpha value is -1.22. The Balaban J connectivity index is 0.673. The van der Waals surface area contributed by atoms with E-state index in [2.05, 4.69) is 52.2 Å². The van der Waals surface area contributed by atoms with E-state index in [9.17, 15) is 30.0 Å². The van der Waals surface area contributed by atoms with Crippen LogP contribution in [0.2, 0.25) is 0 Å². The summed E-state index contributed by atoms with van der Waals surface area (Å²) in [6, 6.07) is 0. The Morgan fingerprint density at radius 3 is 1.32 bits per heavy atom. The van der Waals surface area contributed by atoms with Crippen LogP contribution in [0.3, 0.4) is 0 Å². The second-order valence-corrected chi connectivity index (χ2v) is 25.3. The van der Waals surface area contributed by atoms with Crippen molar-refractivity contribution in [3.05, 3.63) is 0 Å². The predicted octanol–water partition coefficient (Wildman–Crippen LogP) is 9.98. The van der Waals surface area contributed by atoms with Crippen molar-refractivity contribution < 1.29 is 30.0 Å². The van der Waals surface area contributed by atoms with E-state index in [1.54, 1.807) is 0 Å². The number of carbonyl (C=O) groups excluding carboxylic acids is 2. The number of hydrogen-bond acceptors (Lipinski definition) is 6. The third kappa shape index (κ3) is 9.00. The number of unbranched alkanes of at least 4 members (excludes halogenated alkanes) is 4. The highest BCUT2D eigenvalue weighted by molar-refractivity contribution is 5.76. The highest BCUT2D eigenvalue weighted by Gasteiger charge is 2.65. The van der Waals surface area contributed by atoms with Crippen molar-refractivity contribution in [2.24, 2.45) is 92.7 Å². The molecule has 2 amide bonds. The summed E-state index contributed by atoms with van der Waals surface area (Å²) in [5.74, 6) is 6.99. The first kappa shape index (κ1) is 48.2. The van der Waals surface area contributed by atoms with Crippen LogP contribution < -0.4 is 10.6 Å². The highest BCUT2D eigenvalue weighted by Crippen LogP contribution is 2.70. The molecular formula is C55H94N2O6. The monoisotopic (exact) mass is 879 g/mol. The van der Waals surface area contributed by atoms with E-state index in [0.29, 0.717) is 83.9 Å². The zero-order valence-corrected chi connectivity index (χ0v) is 40.9. The van der Waals surface area contributed by atoms with E-state index in [1.807, 2.05) is 0 Å². The Bertz CT molecular complexity index is 1460. The molecule has 8 fully saturated rings. The molecular weight excluding hydrogens is 785 g/mol. The highest BCUT2D eigenvalue weighted by atomic mass is 16.3. The maximum Gasteiger partial charge on any atom is 0.220 e. The number of aliphatic hydroxyl groups excluding tert-OH is 4. The van der Waals surface area contributed by atoms with Gasteiger partial charge in [-0.1, -0.05) is 60.8 Å². The zero-order valence-electron chi connectivity index (χ0n) is 40.9. The van der Waals surface area contributed by atoms with Gasteiger partial charge in [-0.05, 0) is 221 Å². The van der Waals surface area contributed by atoms with E-state index in [1.165, 1.54) is 51.4 Å². The van der Waals surface area contributed by atoms with Crippen LogP contribution in [0.4, 0.5) is 0 Å². The third-order valence-corrected chi connectivity index (χ3v) is 22.7. The number of fused-ring (bicyclic) bond motifs is 10. The summed E-state index contributed by atoms with van der Waals surface area (Å²) < 4.78 is 0. The van der Waals surface area contributed by atoms with Crippen molar-refractivity contribution in [2.75, 3.05) is 13.1 Å². The lowest BCUT2D eigenvalue weighted by atomic mass is 9.43. The average molecular weight is 879 g/mol. The van der Waals surface area contributed by atoms with Gasteiger partial charge in [0.15, 0.2) is 0 Å². The Kier molecular flexibility index (Phi) is 14.9. The van der Waals surface area contributed by atoms with E-state index in [4.69, 9.17) is 0 Å². The van der Waals surface area contributed by atoms with Crippen molar-refractivity contribution >= 4 is 11.8 Å². The van der Waals surface area contributed by atoms with Crippen LogP contribution in [0, 0.1) is 92.7 Å². The maximum absolute atomic E-state index is 12.9. The molecule has 20 atom stereocenters. The van der Waals surface area contributed by atoms with Crippen LogP contribution in [-0.2, 0) is 9.59 Å². The molecule has 8 aliphatic carbocycles. The number of nitrogens with one attached hydrogen (secondary N) is 2. The van der Waals surface area contributed by atoms with E-state index >= 15 is 0 Å². The topological polar surface area (TPSA) is 139 Å². The minimum atomic E-state index is -0.274. The van der Waals surface area contributed by atoms with Crippen LogP contribution in [0.25, 0.3) is 0 Å². The normalized spacial score (nSPS) is 47.5. The first-order valence-electron chi connectivity index (χ1n) is 27.3. The van der Waals surface area contributed by atoms with Gasteiger partial charge in [-0.2, -0.15) is 0 Å². The fourth-order valence-corrected chi connectivity index (χ4v) is 18.9. The summed E-state index contributed by atoms with van der Waals surface area (Å²) in [4.78, 5) is 25.9. The SMILES string of the molecule is C[C@H](CCC(=O)NCCCCCCCNC(=O)CC[C@@H](C)[C@H]1CC[C@H]2[C@@H]3CC[C@@H]4C[C@H](O)CC[C@]4(C)[C@H]3C[C@H](O)[C@]12C)[C@H]1CC[C@H]2[C@@H]3CC[C@@H]4C[C@H](O)CC[C@]4(C)[C@H]3C[C@H](O)[C@]12C. The molecule has 0 aromatic carbocycles. The Labute approximate surface area is 383 Å². The minimum Gasteiger partial charge on any atom is -0.393 e. The number of amides is 2. The van der Waals surface area contributed by atoms with Gasteiger partial charge >= 0.3 is 0 Å². The molecule has 0 aromatic rings. The third-order valence-electron chi connectivity index (χ3n) is 22.7. The van der Waals surface area contributed by atoms with Crippen LogP contribution in [0.15, 0.2) is 0 Å². The van der Waals surface area contributed by atoms with Gasteiger partial charge in [0.25, 0.3) is 0 Å². The van der Waals surface area contributed by atoms with Crippen molar-refractivity contribution in [1.29, 1.82) is 0 Å². The zero-order chi connectivity index (χ0) is 44.9. The van der Waals surface area contributed by atoms with Gasteiger partial charge in [-0.25, -0.2) is 0 Å². The van der Waals surface area contributed by atoms with Gasteiger partial charge in [-0.15, -0.1) is 0 Å². The second kappa shape index (κ2) is 19.4. The molecule has 0 aromatic heterocycles. The van der Waals surface area contributed by atoms with Crippen molar-refractivity contribution in [3.8, 4) is 0 Å². The van der Waals surface area contributed by atoms with Crippen LogP contribution in [0.1, 0.15) is 202 Å². The van der Waals surface area contributed by atoms with Crippen LogP contribution in [-0.4, -0.2) is 69.7 Å². The molecule has 0 spiro atoms. The van der Waals surface area contributed by atoms with Crippen molar-refractivity contribution in [2.45, 2.75) is 226 Å². The summed E-state index contributed by atoms with van der Waals surface area (Å²) in [7, 11) is 0. The molecule has 0 radical (unpaired) electrons. The van der Waals surface area contributed by atoms with Gasteiger partial charge in [-0.3, -0.25) is 9.59 Å². The molecule has 63 heavy (non-hydrogen) atoms.